The number of nitrogens with two attached hydrogens (primary N) is 1. The van der Waals surface area contributed by atoms with Crippen LogP contribution in [-0.4, -0.2) is 16.1 Å². The minimum atomic E-state index is 0.743. The van der Waals surface area contributed by atoms with Crippen LogP contribution >= 0.6 is 0 Å². The van der Waals surface area contributed by atoms with Crippen LogP contribution in [0.5, 0.6) is 0 Å². The minimum Gasteiger partial charge on any atom is -0.331 e. The summed E-state index contributed by atoms with van der Waals surface area (Å²) in [6.45, 7) is 2.78. The molecular formula is C12H17N3. The summed E-state index contributed by atoms with van der Waals surface area (Å²) >= 11 is 0. The Labute approximate surface area is 89.9 Å². The fourth-order valence-electron chi connectivity index (χ4n) is 1.96. The third-order valence-corrected chi connectivity index (χ3v) is 2.85. The molecule has 0 unspecified atom stereocenters. The molecule has 80 valence electrons. The highest BCUT2D eigenvalue weighted by atomic mass is 15.0. The number of benzene rings is 1. The van der Waals surface area contributed by atoms with Gasteiger partial charge in [0, 0.05) is 7.05 Å². The van der Waals surface area contributed by atoms with Crippen LogP contribution < -0.4 is 5.73 Å². The Bertz CT molecular complexity index is 471. The Kier molecular flexibility index (Phi) is 2.73. The summed E-state index contributed by atoms with van der Waals surface area (Å²) in [5.41, 5.74) is 9.23. The van der Waals surface area contributed by atoms with E-state index in [1.54, 1.807) is 0 Å². The summed E-state index contributed by atoms with van der Waals surface area (Å²) in [7, 11) is 2.07. The second kappa shape index (κ2) is 4.03. The molecule has 0 spiro atoms. The van der Waals surface area contributed by atoms with Crippen LogP contribution in [0.3, 0.4) is 0 Å². The standard InChI is InChI=1S/C12H17N3/c1-9-14-11-7-3-5-10(6-4-8-13)12(11)15(9)2/h3,5,7H,4,6,8,13H2,1-2H3. The van der Waals surface area contributed by atoms with Gasteiger partial charge in [-0.1, -0.05) is 12.1 Å². The quantitative estimate of drug-likeness (QED) is 0.826. The molecule has 0 amide bonds. The maximum atomic E-state index is 5.54. The van der Waals surface area contributed by atoms with E-state index >= 15 is 0 Å². The Morgan fingerprint density at radius 3 is 2.93 bits per heavy atom. The first-order valence-electron chi connectivity index (χ1n) is 5.35. The number of hydrogen-bond acceptors (Lipinski definition) is 2. The first-order chi connectivity index (χ1) is 7.24. The van der Waals surface area contributed by atoms with E-state index in [0.717, 1.165) is 30.7 Å². The van der Waals surface area contributed by atoms with Gasteiger partial charge in [0.25, 0.3) is 0 Å². The molecule has 0 atom stereocenters. The van der Waals surface area contributed by atoms with Crippen LogP contribution in [0.1, 0.15) is 17.8 Å². The lowest BCUT2D eigenvalue weighted by Crippen LogP contribution is -2.02. The number of para-hydroxylation sites is 1. The lowest BCUT2D eigenvalue weighted by atomic mass is 10.1. The number of aromatic nitrogens is 2. The predicted octanol–water partition coefficient (Wildman–Crippen LogP) is 1.77. The van der Waals surface area contributed by atoms with Crippen LogP contribution in [0, 0.1) is 6.92 Å². The monoisotopic (exact) mass is 203 g/mol. The Balaban J connectivity index is 2.53. The fourth-order valence-corrected chi connectivity index (χ4v) is 1.96. The minimum absolute atomic E-state index is 0.743. The zero-order valence-corrected chi connectivity index (χ0v) is 9.33. The normalized spacial score (nSPS) is 11.1. The molecule has 1 aromatic heterocycles. The van der Waals surface area contributed by atoms with Gasteiger partial charge in [0.1, 0.15) is 5.82 Å². The lowest BCUT2D eigenvalue weighted by Gasteiger charge is -2.04. The summed E-state index contributed by atoms with van der Waals surface area (Å²) in [5, 5.41) is 0. The molecule has 2 aromatic rings. The van der Waals surface area contributed by atoms with E-state index in [9.17, 15) is 0 Å². The topological polar surface area (TPSA) is 43.8 Å². The third kappa shape index (κ3) is 1.75. The van der Waals surface area contributed by atoms with Gasteiger partial charge in [-0.3, -0.25) is 0 Å². The first-order valence-corrected chi connectivity index (χ1v) is 5.35. The average Bonchev–Trinajstić information content (AvgIpc) is 2.53. The van der Waals surface area contributed by atoms with E-state index in [1.807, 2.05) is 6.92 Å². The number of aryl methyl sites for hydroxylation is 3. The molecule has 2 rings (SSSR count). The van der Waals surface area contributed by atoms with Crippen LogP contribution in [-0.2, 0) is 13.5 Å². The molecule has 1 heterocycles. The molecule has 2 N–H and O–H groups in total. The maximum absolute atomic E-state index is 5.54. The number of rotatable bonds is 3. The van der Waals surface area contributed by atoms with Crippen molar-refractivity contribution in [2.45, 2.75) is 19.8 Å². The molecule has 0 aliphatic carbocycles. The molecule has 1 aromatic carbocycles. The van der Waals surface area contributed by atoms with Gasteiger partial charge in [0.2, 0.25) is 0 Å². The second-order valence-corrected chi connectivity index (χ2v) is 3.90. The van der Waals surface area contributed by atoms with Crippen molar-refractivity contribution in [1.29, 1.82) is 0 Å². The van der Waals surface area contributed by atoms with Crippen LogP contribution in [0.4, 0.5) is 0 Å². The number of fused-ring (bicyclic) bond motifs is 1. The van der Waals surface area contributed by atoms with Crippen LogP contribution in [0.2, 0.25) is 0 Å². The van der Waals surface area contributed by atoms with E-state index < -0.39 is 0 Å². The summed E-state index contributed by atoms with van der Waals surface area (Å²) in [5.74, 6) is 1.06. The highest BCUT2D eigenvalue weighted by Gasteiger charge is 2.07. The van der Waals surface area contributed by atoms with Gasteiger partial charge in [-0.05, 0) is 37.9 Å². The van der Waals surface area contributed by atoms with E-state index in [-0.39, 0.29) is 0 Å². The van der Waals surface area contributed by atoms with Gasteiger partial charge >= 0.3 is 0 Å². The fraction of sp³-hybridized carbons (Fsp3) is 0.417. The van der Waals surface area contributed by atoms with E-state index in [4.69, 9.17) is 5.73 Å². The largest absolute Gasteiger partial charge is 0.331 e. The van der Waals surface area contributed by atoms with Crippen LogP contribution in [0.25, 0.3) is 11.0 Å². The summed E-state index contributed by atoms with van der Waals surface area (Å²) < 4.78 is 2.15. The van der Waals surface area contributed by atoms with Crippen molar-refractivity contribution in [2.24, 2.45) is 12.8 Å². The molecular weight excluding hydrogens is 186 g/mol. The number of imidazole rings is 1. The number of hydrogen-bond donors (Lipinski definition) is 1. The SMILES string of the molecule is Cc1nc2cccc(CCCN)c2n1C. The number of nitrogens with zero attached hydrogens (tertiary/aromatic N) is 2. The van der Waals surface area contributed by atoms with Gasteiger partial charge in [-0.2, -0.15) is 0 Å². The Morgan fingerprint density at radius 2 is 2.20 bits per heavy atom. The van der Waals surface area contributed by atoms with Crippen molar-refractivity contribution >= 4 is 11.0 Å². The van der Waals surface area contributed by atoms with Crippen molar-refractivity contribution in [2.75, 3.05) is 6.54 Å². The van der Waals surface area contributed by atoms with Crippen molar-refractivity contribution in [3.63, 3.8) is 0 Å². The molecule has 0 saturated heterocycles. The molecule has 0 radical (unpaired) electrons. The van der Waals surface area contributed by atoms with Crippen molar-refractivity contribution in [3.8, 4) is 0 Å². The van der Waals surface area contributed by atoms with Gasteiger partial charge in [0.15, 0.2) is 0 Å². The van der Waals surface area contributed by atoms with E-state index in [0.29, 0.717) is 0 Å². The summed E-state index contributed by atoms with van der Waals surface area (Å²) in [6, 6.07) is 6.30. The zero-order chi connectivity index (χ0) is 10.8. The molecule has 0 bridgehead atoms. The molecule has 0 saturated carbocycles. The first kappa shape index (κ1) is 10.2. The zero-order valence-electron chi connectivity index (χ0n) is 9.33. The highest BCUT2D eigenvalue weighted by Crippen LogP contribution is 2.20. The summed E-state index contributed by atoms with van der Waals surface area (Å²) in [6.07, 6.45) is 2.07. The van der Waals surface area contributed by atoms with Gasteiger partial charge in [0.05, 0.1) is 11.0 Å². The predicted molar refractivity (Wildman–Crippen MR) is 62.8 cm³/mol. The smallest absolute Gasteiger partial charge is 0.106 e. The van der Waals surface area contributed by atoms with Crippen molar-refractivity contribution in [1.82, 2.24) is 9.55 Å². The highest BCUT2D eigenvalue weighted by molar-refractivity contribution is 5.79. The molecule has 3 nitrogen and oxygen atoms in total. The van der Waals surface area contributed by atoms with Gasteiger partial charge < -0.3 is 10.3 Å². The summed E-state index contributed by atoms with van der Waals surface area (Å²) in [4.78, 5) is 4.51. The molecule has 0 aliphatic heterocycles. The molecule has 15 heavy (non-hydrogen) atoms. The Hall–Kier alpha value is -1.35. The molecule has 0 fully saturated rings. The van der Waals surface area contributed by atoms with E-state index in [1.165, 1.54) is 11.1 Å². The van der Waals surface area contributed by atoms with Gasteiger partial charge in [-0.25, -0.2) is 4.98 Å². The maximum Gasteiger partial charge on any atom is 0.106 e. The Morgan fingerprint density at radius 1 is 1.40 bits per heavy atom. The van der Waals surface area contributed by atoms with Crippen molar-refractivity contribution < 1.29 is 0 Å². The molecule has 0 aliphatic rings. The van der Waals surface area contributed by atoms with Crippen LogP contribution in [0.15, 0.2) is 18.2 Å². The third-order valence-electron chi connectivity index (χ3n) is 2.85. The lowest BCUT2D eigenvalue weighted by molar-refractivity contribution is 0.824. The van der Waals surface area contributed by atoms with Crippen molar-refractivity contribution in [3.05, 3.63) is 29.6 Å². The molecule has 3 heteroatoms. The van der Waals surface area contributed by atoms with E-state index in [2.05, 4.69) is 34.8 Å². The van der Waals surface area contributed by atoms with Gasteiger partial charge in [-0.15, -0.1) is 0 Å². The second-order valence-electron chi connectivity index (χ2n) is 3.90. The average molecular weight is 203 g/mol.